The second kappa shape index (κ2) is 5.98. The van der Waals surface area contributed by atoms with Gasteiger partial charge in [0.1, 0.15) is 18.2 Å². The van der Waals surface area contributed by atoms with E-state index in [2.05, 4.69) is 17.4 Å². The van der Waals surface area contributed by atoms with Crippen molar-refractivity contribution in [1.29, 1.82) is 0 Å². The minimum absolute atomic E-state index is 0.199. The van der Waals surface area contributed by atoms with Gasteiger partial charge in [0.05, 0.1) is 0 Å². The van der Waals surface area contributed by atoms with Gasteiger partial charge in [0.15, 0.2) is 0 Å². The van der Waals surface area contributed by atoms with Gasteiger partial charge in [-0.25, -0.2) is 4.39 Å². The van der Waals surface area contributed by atoms with Gasteiger partial charge in [0.25, 0.3) is 0 Å². The number of hydrogen-bond acceptors (Lipinski definition) is 3. The molecule has 0 saturated carbocycles. The topological polar surface area (TPSA) is 21.3 Å². The van der Waals surface area contributed by atoms with Gasteiger partial charge >= 0.3 is 0 Å². The molecule has 96 valence electrons. The van der Waals surface area contributed by atoms with Crippen molar-refractivity contribution in [3.63, 3.8) is 0 Å². The minimum atomic E-state index is -0.199. The van der Waals surface area contributed by atoms with Crippen molar-refractivity contribution in [2.24, 2.45) is 0 Å². The van der Waals surface area contributed by atoms with Gasteiger partial charge in [-0.15, -0.1) is 11.3 Å². The van der Waals surface area contributed by atoms with E-state index in [0.717, 1.165) is 6.54 Å². The van der Waals surface area contributed by atoms with Gasteiger partial charge in [0, 0.05) is 16.3 Å². The van der Waals surface area contributed by atoms with Crippen LogP contribution in [0.2, 0.25) is 0 Å². The van der Waals surface area contributed by atoms with E-state index >= 15 is 0 Å². The molecule has 2 nitrogen and oxygen atoms in total. The molecule has 0 amide bonds. The summed E-state index contributed by atoms with van der Waals surface area (Å²) in [4.78, 5) is 2.45. The maximum absolute atomic E-state index is 13.1. The molecule has 0 aliphatic rings. The molecule has 2 aromatic rings. The highest BCUT2D eigenvalue weighted by atomic mass is 32.1. The molecular weight excluding hydrogens is 249 g/mol. The van der Waals surface area contributed by atoms with Crippen LogP contribution in [0.1, 0.15) is 15.3 Å². The molecule has 1 N–H and O–H groups in total. The van der Waals surface area contributed by atoms with Crippen LogP contribution >= 0.6 is 11.3 Å². The van der Waals surface area contributed by atoms with E-state index in [0.29, 0.717) is 17.9 Å². The number of ether oxygens (including phenoxy) is 1. The first-order chi connectivity index (χ1) is 8.69. The second-order valence-corrected chi connectivity index (χ2v) is 5.35. The van der Waals surface area contributed by atoms with E-state index in [1.807, 2.05) is 7.05 Å². The molecule has 2 rings (SSSR count). The fraction of sp³-hybridized carbons (Fsp3) is 0.286. The summed E-state index contributed by atoms with van der Waals surface area (Å²) in [6.07, 6.45) is 0. The first-order valence-corrected chi connectivity index (χ1v) is 6.62. The van der Waals surface area contributed by atoms with Crippen LogP contribution in [0.3, 0.4) is 0 Å². The monoisotopic (exact) mass is 265 g/mol. The van der Waals surface area contributed by atoms with Crippen molar-refractivity contribution >= 4 is 11.3 Å². The third kappa shape index (κ3) is 3.31. The molecule has 0 spiro atoms. The summed E-state index contributed by atoms with van der Waals surface area (Å²) < 4.78 is 18.7. The fourth-order valence-corrected chi connectivity index (χ4v) is 2.57. The van der Waals surface area contributed by atoms with Crippen molar-refractivity contribution in [3.8, 4) is 5.75 Å². The van der Waals surface area contributed by atoms with Crippen molar-refractivity contribution in [2.45, 2.75) is 20.1 Å². The molecule has 0 aliphatic carbocycles. The smallest absolute Gasteiger partial charge is 0.126 e. The van der Waals surface area contributed by atoms with Crippen LogP contribution in [0.25, 0.3) is 0 Å². The Labute approximate surface area is 110 Å². The molecule has 0 bridgehead atoms. The third-order valence-electron chi connectivity index (χ3n) is 2.58. The Bertz CT molecular complexity index is 524. The highest BCUT2D eigenvalue weighted by molar-refractivity contribution is 7.11. The number of nitrogens with one attached hydrogen (secondary N) is 1. The predicted molar refractivity (Wildman–Crippen MR) is 72.6 cm³/mol. The van der Waals surface area contributed by atoms with Crippen molar-refractivity contribution < 1.29 is 9.13 Å². The maximum Gasteiger partial charge on any atom is 0.126 e. The molecule has 1 aromatic heterocycles. The maximum atomic E-state index is 13.1. The normalized spacial score (nSPS) is 10.6. The number of thiophene rings is 1. The van der Waals surface area contributed by atoms with Crippen LogP contribution in [0.15, 0.2) is 30.3 Å². The Morgan fingerprint density at radius 2 is 2.00 bits per heavy atom. The summed E-state index contributed by atoms with van der Waals surface area (Å²) in [6, 6.07) is 8.97. The minimum Gasteiger partial charge on any atom is -0.488 e. The Hall–Kier alpha value is -1.39. The van der Waals surface area contributed by atoms with Gasteiger partial charge < -0.3 is 10.1 Å². The first-order valence-electron chi connectivity index (χ1n) is 5.80. The zero-order valence-corrected chi connectivity index (χ0v) is 11.3. The van der Waals surface area contributed by atoms with Gasteiger partial charge in [-0.1, -0.05) is 0 Å². The number of hydrogen-bond donors (Lipinski definition) is 1. The lowest BCUT2D eigenvalue weighted by molar-refractivity contribution is 0.309. The van der Waals surface area contributed by atoms with Gasteiger partial charge in [-0.2, -0.15) is 0 Å². The van der Waals surface area contributed by atoms with Gasteiger partial charge in [0.2, 0.25) is 0 Å². The van der Waals surface area contributed by atoms with E-state index in [1.165, 1.54) is 15.8 Å². The van der Waals surface area contributed by atoms with Gasteiger partial charge in [-0.3, -0.25) is 0 Å². The van der Waals surface area contributed by atoms with E-state index < -0.39 is 0 Å². The molecule has 0 atom stereocenters. The van der Waals surface area contributed by atoms with E-state index in [9.17, 15) is 4.39 Å². The SMILES string of the molecule is CNCc1ccc(COc2ccc(F)c(C)c2)s1. The molecule has 1 heterocycles. The quantitative estimate of drug-likeness (QED) is 0.893. The molecule has 0 saturated heterocycles. The molecule has 1 aromatic carbocycles. The number of halogens is 1. The largest absolute Gasteiger partial charge is 0.488 e. The highest BCUT2D eigenvalue weighted by Gasteiger charge is 2.03. The lowest BCUT2D eigenvalue weighted by Crippen LogP contribution is -2.02. The van der Waals surface area contributed by atoms with E-state index in [1.54, 1.807) is 30.4 Å². The lowest BCUT2D eigenvalue weighted by Gasteiger charge is -2.05. The Balaban J connectivity index is 1.95. The number of rotatable bonds is 5. The fourth-order valence-electron chi connectivity index (χ4n) is 1.63. The highest BCUT2D eigenvalue weighted by Crippen LogP contribution is 2.20. The summed E-state index contributed by atoms with van der Waals surface area (Å²) in [5.74, 6) is 0.507. The Morgan fingerprint density at radius 3 is 2.72 bits per heavy atom. The molecule has 0 aliphatic heterocycles. The van der Waals surface area contributed by atoms with Crippen LogP contribution in [0.5, 0.6) is 5.75 Å². The van der Waals surface area contributed by atoms with Crippen molar-refractivity contribution in [2.75, 3.05) is 7.05 Å². The molecule has 4 heteroatoms. The predicted octanol–water partition coefficient (Wildman–Crippen LogP) is 3.49. The lowest BCUT2D eigenvalue weighted by atomic mass is 10.2. The number of aryl methyl sites for hydroxylation is 1. The van der Waals surface area contributed by atoms with Crippen LogP contribution in [-0.2, 0) is 13.2 Å². The number of benzene rings is 1. The molecule has 18 heavy (non-hydrogen) atoms. The van der Waals surface area contributed by atoms with E-state index in [4.69, 9.17) is 4.74 Å². The molecule has 0 radical (unpaired) electrons. The van der Waals surface area contributed by atoms with Crippen molar-refractivity contribution in [1.82, 2.24) is 5.32 Å². The molecular formula is C14H16FNOS. The van der Waals surface area contributed by atoms with Crippen molar-refractivity contribution in [3.05, 3.63) is 51.5 Å². The average Bonchev–Trinajstić information content (AvgIpc) is 2.79. The molecule has 0 unspecified atom stereocenters. The van der Waals surface area contributed by atoms with Crippen LogP contribution in [0, 0.1) is 12.7 Å². The third-order valence-corrected chi connectivity index (χ3v) is 3.64. The average molecular weight is 265 g/mol. The molecule has 0 fully saturated rings. The summed E-state index contributed by atoms with van der Waals surface area (Å²) in [5, 5.41) is 3.11. The Morgan fingerprint density at radius 1 is 1.22 bits per heavy atom. The van der Waals surface area contributed by atoms with E-state index in [-0.39, 0.29) is 5.82 Å². The van der Waals surface area contributed by atoms with Crippen LogP contribution in [0.4, 0.5) is 4.39 Å². The summed E-state index contributed by atoms with van der Waals surface area (Å²) >= 11 is 1.72. The summed E-state index contributed by atoms with van der Waals surface area (Å²) in [5.41, 5.74) is 0.606. The first kappa shape index (κ1) is 13.1. The standard InChI is InChI=1S/C14H16FNOS/c1-10-7-11(3-6-14(10)15)17-9-13-5-4-12(18-13)8-16-2/h3-7,16H,8-9H2,1-2H3. The van der Waals surface area contributed by atoms with Gasteiger partial charge in [-0.05, 0) is 49.9 Å². The van der Waals surface area contributed by atoms with Crippen LogP contribution in [-0.4, -0.2) is 7.05 Å². The van der Waals surface area contributed by atoms with Crippen LogP contribution < -0.4 is 10.1 Å². The zero-order valence-electron chi connectivity index (χ0n) is 10.5. The zero-order chi connectivity index (χ0) is 13.0. The summed E-state index contributed by atoms with van der Waals surface area (Å²) in [7, 11) is 1.93. The summed E-state index contributed by atoms with van der Waals surface area (Å²) in [6.45, 7) is 3.14. The Kier molecular flexibility index (Phi) is 4.33. The second-order valence-electron chi connectivity index (χ2n) is 4.10.